The first-order chi connectivity index (χ1) is 8.33. The standard InChI is InChI=1S/C10H19N3O3S2/c1-7(2)6-16-5-4-12-18(14,15)9-8(3)13-10(11)17-9/h7,12H,4-6H2,1-3H3,(H2,11,13). The zero-order chi connectivity index (χ0) is 13.8. The average molecular weight is 293 g/mol. The van der Waals surface area contributed by atoms with Crippen LogP contribution >= 0.6 is 11.3 Å². The van der Waals surface area contributed by atoms with Crippen LogP contribution in [0.25, 0.3) is 0 Å². The van der Waals surface area contributed by atoms with Crippen LogP contribution < -0.4 is 10.5 Å². The molecule has 0 aliphatic heterocycles. The van der Waals surface area contributed by atoms with Gasteiger partial charge < -0.3 is 10.5 Å². The summed E-state index contributed by atoms with van der Waals surface area (Å²) in [7, 11) is -3.52. The third-order valence-corrected chi connectivity index (χ3v) is 5.06. The number of nitrogen functional groups attached to an aromatic ring is 1. The smallest absolute Gasteiger partial charge is 0.252 e. The van der Waals surface area contributed by atoms with E-state index in [-0.39, 0.29) is 15.9 Å². The molecule has 0 atom stereocenters. The molecule has 3 N–H and O–H groups in total. The number of nitrogens with two attached hydrogens (primary N) is 1. The van der Waals surface area contributed by atoms with E-state index in [1.807, 2.05) is 13.8 Å². The Bertz CT molecular complexity index is 483. The molecule has 0 amide bonds. The van der Waals surface area contributed by atoms with Crippen molar-refractivity contribution in [1.82, 2.24) is 9.71 Å². The van der Waals surface area contributed by atoms with Crippen molar-refractivity contribution in [1.29, 1.82) is 0 Å². The van der Waals surface area contributed by atoms with Gasteiger partial charge in [0.1, 0.15) is 0 Å². The Morgan fingerprint density at radius 1 is 1.50 bits per heavy atom. The van der Waals surface area contributed by atoms with Gasteiger partial charge in [0.2, 0.25) is 0 Å². The molecule has 0 saturated heterocycles. The average Bonchev–Trinajstić information content (AvgIpc) is 2.57. The van der Waals surface area contributed by atoms with E-state index in [4.69, 9.17) is 10.5 Å². The molecule has 0 radical (unpaired) electrons. The maximum Gasteiger partial charge on any atom is 0.252 e. The summed E-state index contributed by atoms with van der Waals surface area (Å²) in [6.07, 6.45) is 0. The molecule has 18 heavy (non-hydrogen) atoms. The first-order valence-corrected chi connectivity index (χ1v) is 7.93. The molecule has 1 rings (SSSR count). The minimum Gasteiger partial charge on any atom is -0.380 e. The first kappa shape index (κ1) is 15.4. The second-order valence-corrected chi connectivity index (χ2v) is 7.28. The number of nitrogens with zero attached hydrogens (tertiary/aromatic N) is 1. The van der Waals surface area contributed by atoms with Crippen molar-refractivity contribution >= 4 is 26.5 Å². The normalized spacial score (nSPS) is 12.2. The van der Waals surface area contributed by atoms with Crippen LogP contribution in [0, 0.1) is 12.8 Å². The lowest BCUT2D eigenvalue weighted by molar-refractivity contribution is 0.114. The molecule has 0 aliphatic rings. The van der Waals surface area contributed by atoms with E-state index in [9.17, 15) is 8.42 Å². The van der Waals surface area contributed by atoms with E-state index >= 15 is 0 Å². The Morgan fingerprint density at radius 3 is 2.67 bits per heavy atom. The Balaban J connectivity index is 2.48. The molecule has 0 fully saturated rings. The molecule has 0 saturated carbocycles. The van der Waals surface area contributed by atoms with Crippen LogP contribution in [0.15, 0.2) is 4.21 Å². The summed E-state index contributed by atoms with van der Waals surface area (Å²) in [6, 6.07) is 0. The number of anilines is 1. The van der Waals surface area contributed by atoms with Crippen LogP contribution in [0.2, 0.25) is 0 Å². The van der Waals surface area contributed by atoms with Gasteiger partial charge in [-0.05, 0) is 12.8 Å². The van der Waals surface area contributed by atoms with Crippen molar-refractivity contribution in [3.05, 3.63) is 5.69 Å². The Hall–Kier alpha value is -0.700. The van der Waals surface area contributed by atoms with Gasteiger partial charge in [-0.3, -0.25) is 0 Å². The number of sulfonamides is 1. The maximum atomic E-state index is 11.9. The second-order valence-electron chi connectivity index (χ2n) is 4.29. The highest BCUT2D eigenvalue weighted by molar-refractivity contribution is 7.91. The van der Waals surface area contributed by atoms with Gasteiger partial charge in [-0.2, -0.15) is 0 Å². The van der Waals surface area contributed by atoms with Crippen LogP contribution in [-0.4, -0.2) is 33.2 Å². The van der Waals surface area contributed by atoms with E-state index in [2.05, 4.69) is 9.71 Å². The molecule has 0 bridgehead atoms. The highest BCUT2D eigenvalue weighted by Crippen LogP contribution is 2.24. The number of aryl methyl sites for hydroxylation is 1. The van der Waals surface area contributed by atoms with Gasteiger partial charge in [-0.1, -0.05) is 25.2 Å². The predicted octanol–water partition coefficient (Wildman–Crippen LogP) is 0.985. The lowest BCUT2D eigenvalue weighted by Gasteiger charge is -2.08. The minimum absolute atomic E-state index is 0.170. The molecular formula is C10H19N3O3S2. The summed E-state index contributed by atoms with van der Waals surface area (Å²) >= 11 is 0.965. The third kappa shape index (κ3) is 4.52. The fourth-order valence-electron chi connectivity index (χ4n) is 1.28. The summed E-state index contributed by atoms with van der Waals surface area (Å²) < 4.78 is 31.8. The van der Waals surface area contributed by atoms with Crippen LogP contribution in [0.4, 0.5) is 5.13 Å². The highest BCUT2D eigenvalue weighted by Gasteiger charge is 2.20. The van der Waals surface area contributed by atoms with Gasteiger partial charge in [0, 0.05) is 13.2 Å². The summed E-state index contributed by atoms with van der Waals surface area (Å²) in [5, 5.41) is 0.254. The van der Waals surface area contributed by atoms with E-state index in [0.717, 1.165) is 11.3 Å². The van der Waals surface area contributed by atoms with Gasteiger partial charge >= 0.3 is 0 Å². The van der Waals surface area contributed by atoms with Crippen molar-refractivity contribution in [3.8, 4) is 0 Å². The molecule has 1 heterocycles. The van der Waals surface area contributed by atoms with Crippen LogP contribution in [0.1, 0.15) is 19.5 Å². The molecule has 6 nitrogen and oxygen atoms in total. The van der Waals surface area contributed by atoms with Gasteiger partial charge in [0.05, 0.1) is 12.3 Å². The quantitative estimate of drug-likeness (QED) is 0.731. The summed E-state index contributed by atoms with van der Waals surface area (Å²) in [5.74, 6) is 0.435. The molecule has 0 unspecified atom stereocenters. The van der Waals surface area contributed by atoms with E-state index in [1.54, 1.807) is 6.92 Å². The summed E-state index contributed by atoms with van der Waals surface area (Å²) in [6.45, 7) is 6.91. The van der Waals surface area contributed by atoms with Crippen molar-refractivity contribution < 1.29 is 13.2 Å². The van der Waals surface area contributed by atoms with Gasteiger partial charge in [0.25, 0.3) is 10.0 Å². The fraction of sp³-hybridized carbons (Fsp3) is 0.700. The zero-order valence-corrected chi connectivity index (χ0v) is 12.4. The number of aromatic nitrogens is 1. The highest BCUT2D eigenvalue weighted by atomic mass is 32.2. The molecule has 1 aromatic rings. The Kier molecular flexibility index (Phi) is 5.51. The molecule has 0 aromatic carbocycles. The minimum atomic E-state index is -3.52. The van der Waals surface area contributed by atoms with Crippen LogP contribution in [0.5, 0.6) is 0 Å². The van der Waals surface area contributed by atoms with Crippen molar-refractivity contribution in [2.24, 2.45) is 5.92 Å². The van der Waals surface area contributed by atoms with Crippen molar-refractivity contribution in [3.63, 3.8) is 0 Å². The van der Waals surface area contributed by atoms with Crippen LogP contribution in [-0.2, 0) is 14.8 Å². The molecule has 0 spiro atoms. The number of nitrogens with one attached hydrogen (secondary N) is 1. The third-order valence-electron chi connectivity index (χ3n) is 2.00. The second kappa shape index (κ2) is 6.46. The fourth-order valence-corrected chi connectivity index (χ4v) is 3.64. The first-order valence-electron chi connectivity index (χ1n) is 5.63. The molecule has 0 aliphatic carbocycles. The number of hydrogen-bond donors (Lipinski definition) is 2. The molecule has 1 aromatic heterocycles. The van der Waals surface area contributed by atoms with E-state index < -0.39 is 10.0 Å². The van der Waals surface area contributed by atoms with Crippen LogP contribution in [0.3, 0.4) is 0 Å². The van der Waals surface area contributed by atoms with E-state index in [0.29, 0.717) is 24.8 Å². The lowest BCUT2D eigenvalue weighted by Crippen LogP contribution is -2.27. The zero-order valence-electron chi connectivity index (χ0n) is 10.8. The van der Waals surface area contributed by atoms with Gasteiger partial charge in [0.15, 0.2) is 9.34 Å². The number of hydrogen-bond acceptors (Lipinski definition) is 6. The monoisotopic (exact) mass is 293 g/mol. The molecule has 104 valence electrons. The largest absolute Gasteiger partial charge is 0.380 e. The summed E-state index contributed by atoms with van der Waals surface area (Å²) in [5.41, 5.74) is 5.90. The molecular weight excluding hydrogens is 274 g/mol. The van der Waals surface area contributed by atoms with E-state index in [1.165, 1.54) is 0 Å². The maximum absolute atomic E-state index is 11.9. The van der Waals surface area contributed by atoms with Gasteiger partial charge in [-0.15, -0.1) is 0 Å². The Morgan fingerprint density at radius 2 is 2.17 bits per heavy atom. The SMILES string of the molecule is Cc1nc(N)sc1S(=O)(=O)NCCOCC(C)C. The predicted molar refractivity (Wildman–Crippen MR) is 72.1 cm³/mol. The Labute approximate surface area is 112 Å². The molecule has 8 heteroatoms. The lowest BCUT2D eigenvalue weighted by atomic mass is 10.2. The number of thiazole rings is 1. The number of rotatable bonds is 7. The van der Waals surface area contributed by atoms with Gasteiger partial charge in [-0.25, -0.2) is 18.1 Å². The topological polar surface area (TPSA) is 94.3 Å². The number of ether oxygens (including phenoxy) is 1. The summed E-state index contributed by atoms with van der Waals surface area (Å²) in [4.78, 5) is 3.89. The van der Waals surface area contributed by atoms with Crippen molar-refractivity contribution in [2.45, 2.75) is 25.0 Å². The van der Waals surface area contributed by atoms with Crippen molar-refractivity contribution in [2.75, 3.05) is 25.5 Å².